The molecule has 1 unspecified atom stereocenters. The molecule has 0 radical (unpaired) electrons. The molecule has 0 saturated carbocycles. The van der Waals surface area contributed by atoms with Crippen molar-refractivity contribution >= 4 is 0 Å². The van der Waals surface area contributed by atoms with Gasteiger partial charge in [-0.05, 0) is 12.0 Å². The zero-order valence-corrected chi connectivity index (χ0v) is 11.4. The van der Waals surface area contributed by atoms with E-state index in [9.17, 15) is 5.11 Å². The fraction of sp³-hybridized carbons (Fsp3) is 0.529. The van der Waals surface area contributed by atoms with Gasteiger partial charge < -0.3 is 5.11 Å². The second kappa shape index (κ2) is 9.74. The van der Waals surface area contributed by atoms with Crippen LogP contribution in [0.4, 0.5) is 0 Å². The molecule has 0 amide bonds. The number of aliphatic hydroxyl groups is 1. The van der Waals surface area contributed by atoms with E-state index in [0.717, 1.165) is 18.4 Å². The quantitative estimate of drug-likeness (QED) is 0.554. The summed E-state index contributed by atoms with van der Waals surface area (Å²) in [7, 11) is 0. The highest BCUT2D eigenvalue weighted by Crippen LogP contribution is 2.11. The molecule has 1 atom stereocenters. The third kappa shape index (κ3) is 6.47. The highest BCUT2D eigenvalue weighted by Gasteiger charge is 2.00. The van der Waals surface area contributed by atoms with Gasteiger partial charge in [0.15, 0.2) is 0 Å². The first-order valence-electron chi connectivity index (χ1n) is 7.06. The molecule has 0 heterocycles. The maximum absolute atomic E-state index is 9.82. The van der Waals surface area contributed by atoms with Crippen molar-refractivity contribution in [3.05, 3.63) is 35.9 Å². The summed E-state index contributed by atoms with van der Waals surface area (Å²) in [6.45, 7) is 2.23. The molecule has 0 aliphatic rings. The molecule has 1 rings (SSSR count). The lowest BCUT2D eigenvalue weighted by Gasteiger charge is -2.02. The first-order valence-corrected chi connectivity index (χ1v) is 7.06. The van der Waals surface area contributed by atoms with Crippen molar-refractivity contribution in [1.29, 1.82) is 0 Å². The van der Waals surface area contributed by atoms with E-state index in [1.165, 1.54) is 32.1 Å². The summed E-state index contributed by atoms with van der Waals surface area (Å²) in [6, 6.07) is 9.61. The van der Waals surface area contributed by atoms with Crippen LogP contribution in [0.25, 0.3) is 0 Å². The van der Waals surface area contributed by atoms with Gasteiger partial charge >= 0.3 is 0 Å². The van der Waals surface area contributed by atoms with E-state index >= 15 is 0 Å². The molecule has 1 N–H and O–H groups in total. The normalized spacial score (nSPS) is 11.7. The van der Waals surface area contributed by atoms with Crippen molar-refractivity contribution in [3.63, 3.8) is 0 Å². The molecule has 0 fully saturated rings. The average Bonchev–Trinajstić information content (AvgIpc) is 2.42. The van der Waals surface area contributed by atoms with Crippen LogP contribution in [0.15, 0.2) is 30.3 Å². The standard InChI is InChI=1S/C17H24O/c1-2-3-4-5-6-7-8-12-15-17(18)16-13-10-9-11-14-16/h9-11,13-14,17-18H,2-8H2,1H3. The monoisotopic (exact) mass is 244 g/mol. The lowest BCUT2D eigenvalue weighted by atomic mass is 10.1. The SMILES string of the molecule is CCCCCCCCC#CC(O)c1ccccc1. The molecule has 18 heavy (non-hydrogen) atoms. The Kier molecular flexibility index (Phi) is 8.01. The highest BCUT2D eigenvalue weighted by atomic mass is 16.3. The number of hydrogen-bond acceptors (Lipinski definition) is 1. The Morgan fingerprint density at radius 1 is 1.00 bits per heavy atom. The summed E-state index contributed by atoms with van der Waals surface area (Å²) in [6.07, 6.45) is 7.98. The maximum Gasteiger partial charge on any atom is 0.140 e. The average molecular weight is 244 g/mol. The molecule has 0 bridgehead atoms. The Labute approximate surface area is 111 Å². The van der Waals surface area contributed by atoms with Crippen molar-refractivity contribution < 1.29 is 5.11 Å². The summed E-state index contributed by atoms with van der Waals surface area (Å²) in [5, 5.41) is 9.82. The fourth-order valence-electron chi connectivity index (χ4n) is 1.88. The minimum Gasteiger partial charge on any atom is -0.376 e. The number of aliphatic hydroxyl groups excluding tert-OH is 1. The summed E-state index contributed by atoms with van der Waals surface area (Å²) in [4.78, 5) is 0. The van der Waals surface area contributed by atoms with Gasteiger partial charge in [-0.15, -0.1) is 5.92 Å². The van der Waals surface area contributed by atoms with Crippen LogP contribution in [0.2, 0.25) is 0 Å². The molecular weight excluding hydrogens is 220 g/mol. The van der Waals surface area contributed by atoms with E-state index in [-0.39, 0.29) is 0 Å². The smallest absolute Gasteiger partial charge is 0.140 e. The molecule has 1 aromatic carbocycles. The predicted molar refractivity (Wildman–Crippen MR) is 77.2 cm³/mol. The fourth-order valence-corrected chi connectivity index (χ4v) is 1.88. The lowest BCUT2D eigenvalue weighted by molar-refractivity contribution is 0.238. The second-order valence-electron chi connectivity index (χ2n) is 4.65. The van der Waals surface area contributed by atoms with Gasteiger partial charge in [-0.2, -0.15) is 0 Å². The van der Waals surface area contributed by atoms with Gasteiger partial charge in [0.05, 0.1) is 0 Å². The predicted octanol–water partition coefficient (Wildman–Crippen LogP) is 4.47. The van der Waals surface area contributed by atoms with Crippen LogP contribution in [0.1, 0.15) is 63.5 Å². The van der Waals surface area contributed by atoms with Crippen LogP contribution in [0, 0.1) is 11.8 Å². The van der Waals surface area contributed by atoms with Gasteiger partial charge in [0, 0.05) is 6.42 Å². The van der Waals surface area contributed by atoms with Gasteiger partial charge in [0.2, 0.25) is 0 Å². The summed E-state index contributed by atoms with van der Waals surface area (Å²) < 4.78 is 0. The molecule has 0 saturated heterocycles. The van der Waals surface area contributed by atoms with Crippen LogP contribution in [-0.2, 0) is 0 Å². The van der Waals surface area contributed by atoms with Gasteiger partial charge in [0.1, 0.15) is 6.10 Å². The Bertz CT molecular complexity index is 358. The zero-order chi connectivity index (χ0) is 13.1. The highest BCUT2D eigenvalue weighted by molar-refractivity contribution is 5.24. The summed E-state index contributed by atoms with van der Waals surface area (Å²) in [5.41, 5.74) is 0.882. The first-order chi connectivity index (χ1) is 8.84. The largest absolute Gasteiger partial charge is 0.376 e. The molecule has 0 aliphatic heterocycles. The van der Waals surface area contributed by atoms with Crippen molar-refractivity contribution in [3.8, 4) is 11.8 Å². The molecule has 0 aromatic heterocycles. The van der Waals surface area contributed by atoms with E-state index in [1.54, 1.807) is 0 Å². The first kappa shape index (κ1) is 14.8. The topological polar surface area (TPSA) is 20.2 Å². The van der Waals surface area contributed by atoms with Gasteiger partial charge in [-0.25, -0.2) is 0 Å². The van der Waals surface area contributed by atoms with E-state index in [4.69, 9.17) is 0 Å². The van der Waals surface area contributed by atoms with E-state index in [1.807, 2.05) is 30.3 Å². The summed E-state index contributed by atoms with van der Waals surface area (Å²) in [5.74, 6) is 5.98. The van der Waals surface area contributed by atoms with Crippen LogP contribution in [0.5, 0.6) is 0 Å². The van der Waals surface area contributed by atoms with Gasteiger partial charge in [-0.1, -0.05) is 75.3 Å². The number of rotatable bonds is 7. The van der Waals surface area contributed by atoms with Crippen molar-refractivity contribution in [2.75, 3.05) is 0 Å². The van der Waals surface area contributed by atoms with E-state index in [2.05, 4.69) is 18.8 Å². The molecule has 1 nitrogen and oxygen atoms in total. The number of unbranched alkanes of at least 4 members (excludes halogenated alkanes) is 6. The zero-order valence-electron chi connectivity index (χ0n) is 11.4. The van der Waals surface area contributed by atoms with Gasteiger partial charge in [0.25, 0.3) is 0 Å². The van der Waals surface area contributed by atoms with E-state index in [0.29, 0.717) is 0 Å². The third-order valence-electron chi connectivity index (χ3n) is 3.01. The van der Waals surface area contributed by atoms with Crippen molar-refractivity contribution in [2.45, 2.75) is 58.0 Å². The van der Waals surface area contributed by atoms with Crippen LogP contribution >= 0.6 is 0 Å². The Hall–Kier alpha value is -1.26. The van der Waals surface area contributed by atoms with E-state index < -0.39 is 6.10 Å². The third-order valence-corrected chi connectivity index (χ3v) is 3.01. The minimum absolute atomic E-state index is 0.633. The second-order valence-corrected chi connectivity index (χ2v) is 4.65. The lowest BCUT2D eigenvalue weighted by Crippen LogP contribution is -1.92. The van der Waals surface area contributed by atoms with Crippen LogP contribution in [0.3, 0.4) is 0 Å². The molecule has 1 heteroatoms. The van der Waals surface area contributed by atoms with Crippen LogP contribution < -0.4 is 0 Å². The maximum atomic E-state index is 9.82. The Balaban J connectivity index is 2.14. The Morgan fingerprint density at radius 2 is 1.67 bits per heavy atom. The molecule has 0 aliphatic carbocycles. The number of hydrogen-bond donors (Lipinski definition) is 1. The van der Waals surface area contributed by atoms with Crippen LogP contribution in [-0.4, -0.2) is 5.11 Å². The number of benzene rings is 1. The Morgan fingerprint density at radius 3 is 2.39 bits per heavy atom. The van der Waals surface area contributed by atoms with Crippen molar-refractivity contribution in [2.24, 2.45) is 0 Å². The summed E-state index contributed by atoms with van der Waals surface area (Å²) >= 11 is 0. The van der Waals surface area contributed by atoms with Gasteiger partial charge in [-0.3, -0.25) is 0 Å². The molecule has 98 valence electrons. The molecule has 0 spiro atoms. The molecular formula is C17H24O. The van der Waals surface area contributed by atoms with Crippen molar-refractivity contribution in [1.82, 2.24) is 0 Å². The molecule has 1 aromatic rings. The minimum atomic E-state index is -0.633.